The zero-order chi connectivity index (χ0) is 14.5. The Morgan fingerprint density at radius 1 is 1.35 bits per heavy atom. The zero-order valence-electron chi connectivity index (χ0n) is 12.6. The molecule has 0 aliphatic rings. The van der Waals surface area contributed by atoms with E-state index in [0.717, 1.165) is 23.5 Å². The highest BCUT2D eigenvalue weighted by Crippen LogP contribution is 2.20. The normalized spacial score (nSPS) is 12.6. The molecule has 5 nitrogen and oxygen atoms in total. The first-order valence-corrected chi connectivity index (χ1v) is 6.85. The van der Waals surface area contributed by atoms with Crippen molar-refractivity contribution < 1.29 is 4.74 Å². The Bertz CT molecular complexity index is 565. The molecule has 20 heavy (non-hydrogen) atoms. The van der Waals surface area contributed by atoms with Crippen LogP contribution in [0.5, 0.6) is 0 Å². The first-order valence-electron chi connectivity index (χ1n) is 6.85. The van der Waals surface area contributed by atoms with Gasteiger partial charge in [0.2, 0.25) is 0 Å². The Kier molecular flexibility index (Phi) is 4.87. The fraction of sp³-hybridized carbons (Fsp3) is 0.467. The number of nitrogens with zero attached hydrogens (tertiary/aromatic N) is 3. The number of methoxy groups -OCH3 is 1. The Balaban J connectivity index is 2.39. The summed E-state index contributed by atoms with van der Waals surface area (Å²) >= 11 is 0. The third-order valence-corrected chi connectivity index (χ3v) is 3.57. The maximum atomic E-state index is 5.17. The van der Waals surface area contributed by atoms with Gasteiger partial charge < -0.3 is 10.1 Å². The molecular formula is C15H22N4O. The molecule has 0 radical (unpaired) electrons. The van der Waals surface area contributed by atoms with Crippen LogP contribution in [0.1, 0.15) is 29.9 Å². The van der Waals surface area contributed by atoms with Crippen LogP contribution in [0.3, 0.4) is 0 Å². The quantitative estimate of drug-likeness (QED) is 0.876. The molecule has 1 aromatic carbocycles. The molecule has 0 aliphatic heterocycles. The molecule has 2 aromatic rings. The summed E-state index contributed by atoms with van der Waals surface area (Å²) in [6.45, 7) is 4.83. The van der Waals surface area contributed by atoms with Gasteiger partial charge >= 0.3 is 0 Å². The smallest absolute Gasteiger partial charge is 0.103 e. The number of hydrogen-bond acceptors (Lipinski definition) is 4. The Labute approximate surface area is 120 Å². The van der Waals surface area contributed by atoms with Crippen LogP contribution in [0, 0.1) is 6.92 Å². The predicted molar refractivity (Wildman–Crippen MR) is 79.2 cm³/mol. The van der Waals surface area contributed by atoms with Gasteiger partial charge in [-0.05, 0) is 38.9 Å². The second-order valence-corrected chi connectivity index (χ2v) is 4.85. The van der Waals surface area contributed by atoms with Crippen LogP contribution >= 0.6 is 0 Å². The molecule has 1 aromatic heterocycles. The van der Waals surface area contributed by atoms with Gasteiger partial charge in [-0.15, -0.1) is 5.10 Å². The molecule has 1 unspecified atom stereocenters. The van der Waals surface area contributed by atoms with E-state index in [1.165, 1.54) is 5.56 Å². The molecule has 1 heterocycles. The van der Waals surface area contributed by atoms with E-state index in [1.807, 2.05) is 23.9 Å². The van der Waals surface area contributed by atoms with Gasteiger partial charge in [0.15, 0.2) is 0 Å². The molecule has 0 saturated carbocycles. The molecule has 0 saturated heterocycles. The van der Waals surface area contributed by atoms with Crippen molar-refractivity contribution in [1.29, 1.82) is 0 Å². The zero-order valence-corrected chi connectivity index (χ0v) is 12.6. The second kappa shape index (κ2) is 6.63. The average molecular weight is 274 g/mol. The summed E-state index contributed by atoms with van der Waals surface area (Å²) in [6.07, 6.45) is 0.864. The summed E-state index contributed by atoms with van der Waals surface area (Å²) in [5, 5.41) is 11.8. The van der Waals surface area contributed by atoms with Gasteiger partial charge in [-0.1, -0.05) is 23.4 Å². The van der Waals surface area contributed by atoms with E-state index in [0.29, 0.717) is 6.61 Å². The number of rotatable bonds is 6. The van der Waals surface area contributed by atoms with Crippen molar-refractivity contribution in [2.75, 3.05) is 20.8 Å². The number of ether oxygens (including phenoxy) is 1. The topological polar surface area (TPSA) is 52.0 Å². The minimum absolute atomic E-state index is 0.190. The highest BCUT2D eigenvalue weighted by Gasteiger charge is 2.16. The third-order valence-electron chi connectivity index (χ3n) is 3.57. The van der Waals surface area contributed by atoms with Crippen LogP contribution in [0.4, 0.5) is 0 Å². The van der Waals surface area contributed by atoms with Crippen molar-refractivity contribution in [3.05, 3.63) is 41.2 Å². The molecule has 2 rings (SSSR count). The highest BCUT2D eigenvalue weighted by atomic mass is 16.5. The molecular weight excluding hydrogens is 252 g/mol. The number of para-hydroxylation sites is 1. The lowest BCUT2D eigenvalue weighted by molar-refractivity contribution is 0.202. The van der Waals surface area contributed by atoms with E-state index in [1.54, 1.807) is 7.11 Å². The summed E-state index contributed by atoms with van der Waals surface area (Å²) in [5.41, 5.74) is 4.33. The van der Waals surface area contributed by atoms with E-state index in [2.05, 4.69) is 41.6 Å². The van der Waals surface area contributed by atoms with Crippen LogP contribution in [-0.2, 0) is 11.2 Å². The molecule has 0 fully saturated rings. The van der Waals surface area contributed by atoms with E-state index < -0.39 is 0 Å². The Morgan fingerprint density at radius 3 is 2.80 bits per heavy atom. The number of benzene rings is 1. The Hall–Kier alpha value is -1.72. The summed E-state index contributed by atoms with van der Waals surface area (Å²) in [7, 11) is 3.64. The van der Waals surface area contributed by atoms with Gasteiger partial charge in [0.1, 0.15) is 5.69 Å². The average Bonchev–Trinajstić information content (AvgIpc) is 2.86. The molecule has 0 bridgehead atoms. The number of hydrogen-bond donors (Lipinski definition) is 1. The van der Waals surface area contributed by atoms with Crippen molar-refractivity contribution in [3.63, 3.8) is 0 Å². The molecule has 0 aliphatic carbocycles. The molecule has 5 heteroatoms. The summed E-state index contributed by atoms with van der Waals surface area (Å²) < 4.78 is 7.08. The van der Waals surface area contributed by atoms with Crippen molar-refractivity contribution in [2.24, 2.45) is 0 Å². The lowest BCUT2D eigenvalue weighted by Gasteiger charge is -2.11. The van der Waals surface area contributed by atoms with Crippen LogP contribution in [0.15, 0.2) is 24.3 Å². The van der Waals surface area contributed by atoms with E-state index in [-0.39, 0.29) is 6.04 Å². The fourth-order valence-electron chi connectivity index (χ4n) is 2.25. The van der Waals surface area contributed by atoms with Crippen molar-refractivity contribution >= 4 is 0 Å². The summed E-state index contributed by atoms with van der Waals surface area (Å²) in [6, 6.07) is 8.43. The lowest BCUT2D eigenvalue weighted by atomic mass is 10.1. The van der Waals surface area contributed by atoms with Gasteiger partial charge in [-0.25, -0.2) is 4.68 Å². The lowest BCUT2D eigenvalue weighted by Crippen LogP contribution is -2.14. The van der Waals surface area contributed by atoms with Crippen LogP contribution < -0.4 is 5.32 Å². The molecule has 108 valence electrons. The fourth-order valence-corrected chi connectivity index (χ4v) is 2.25. The monoisotopic (exact) mass is 274 g/mol. The third kappa shape index (κ3) is 2.89. The molecule has 0 amide bonds. The van der Waals surface area contributed by atoms with E-state index >= 15 is 0 Å². The standard InChI is InChI=1S/C15H22N4O/c1-11(16-3)15-12(2)19(18-17-15)14-8-6-5-7-13(14)9-10-20-4/h5-8,11,16H,9-10H2,1-4H3. The minimum Gasteiger partial charge on any atom is -0.384 e. The molecule has 0 spiro atoms. The Morgan fingerprint density at radius 2 is 2.10 bits per heavy atom. The van der Waals surface area contributed by atoms with Crippen LogP contribution in [0.2, 0.25) is 0 Å². The van der Waals surface area contributed by atoms with E-state index in [4.69, 9.17) is 4.74 Å². The highest BCUT2D eigenvalue weighted by molar-refractivity contribution is 5.42. The second-order valence-electron chi connectivity index (χ2n) is 4.85. The first kappa shape index (κ1) is 14.7. The largest absolute Gasteiger partial charge is 0.384 e. The van der Waals surface area contributed by atoms with Gasteiger partial charge in [-0.3, -0.25) is 0 Å². The van der Waals surface area contributed by atoms with Gasteiger partial charge in [-0.2, -0.15) is 0 Å². The van der Waals surface area contributed by atoms with Gasteiger partial charge in [0, 0.05) is 7.11 Å². The maximum Gasteiger partial charge on any atom is 0.103 e. The summed E-state index contributed by atoms with van der Waals surface area (Å²) in [5.74, 6) is 0. The predicted octanol–water partition coefficient (Wildman–Crippen LogP) is 2.05. The SMILES string of the molecule is CNC(C)c1nnn(-c2ccccc2CCOC)c1C. The maximum absolute atomic E-state index is 5.17. The number of aromatic nitrogens is 3. The van der Waals surface area contributed by atoms with E-state index in [9.17, 15) is 0 Å². The van der Waals surface area contributed by atoms with Crippen molar-refractivity contribution in [2.45, 2.75) is 26.3 Å². The van der Waals surface area contributed by atoms with Crippen molar-refractivity contribution in [1.82, 2.24) is 20.3 Å². The van der Waals surface area contributed by atoms with Crippen molar-refractivity contribution in [3.8, 4) is 5.69 Å². The molecule has 1 atom stereocenters. The van der Waals surface area contributed by atoms with Gasteiger partial charge in [0.05, 0.1) is 24.0 Å². The number of nitrogens with one attached hydrogen (secondary N) is 1. The summed E-state index contributed by atoms with van der Waals surface area (Å²) in [4.78, 5) is 0. The molecule has 1 N–H and O–H groups in total. The van der Waals surface area contributed by atoms with Gasteiger partial charge in [0.25, 0.3) is 0 Å². The van der Waals surface area contributed by atoms with Crippen LogP contribution in [-0.4, -0.2) is 35.8 Å². The first-order chi connectivity index (χ1) is 9.69. The van der Waals surface area contributed by atoms with Crippen LogP contribution in [0.25, 0.3) is 5.69 Å². The minimum atomic E-state index is 0.190.